The van der Waals surface area contributed by atoms with Crippen molar-refractivity contribution in [3.63, 3.8) is 0 Å². The minimum atomic E-state index is 0.828. The lowest BCUT2D eigenvalue weighted by Gasteiger charge is -2.13. The van der Waals surface area contributed by atoms with E-state index in [9.17, 15) is 4.79 Å². The number of benzene rings is 2. The van der Waals surface area contributed by atoms with E-state index in [1.807, 2.05) is 6.07 Å². The Morgan fingerprint density at radius 1 is 0.900 bits per heavy atom. The molecule has 0 aliphatic heterocycles. The highest BCUT2D eigenvalue weighted by atomic mass is 16.1. The van der Waals surface area contributed by atoms with Crippen LogP contribution in [0.15, 0.2) is 36.4 Å². The third kappa shape index (κ3) is 2.38. The van der Waals surface area contributed by atoms with E-state index in [4.69, 9.17) is 6.42 Å². The Morgan fingerprint density at radius 3 is 2.25 bits per heavy atom. The summed E-state index contributed by atoms with van der Waals surface area (Å²) in [5.74, 6) is 2.80. The highest BCUT2D eigenvalue weighted by Gasteiger charge is 2.09. The summed E-state index contributed by atoms with van der Waals surface area (Å²) in [4.78, 5) is 11.2. The molecule has 1 nitrogen and oxygen atoms in total. The van der Waals surface area contributed by atoms with Crippen molar-refractivity contribution in [1.82, 2.24) is 0 Å². The summed E-state index contributed by atoms with van der Waals surface area (Å²) in [5, 5.41) is 0. The number of hydrogen-bond donors (Lipinski definition) is 0. The van der Waals surface area contributed by atoms with E-state index >= 15 is 0 Å². The fourth-order valence-electron chi connectivity index (χ4n) is 2.83. The maximum Gasteiger partial charge on any atom is 0.150 e. The molecular weight excluding hydrogens is 244 g/mol. The summed E-state index contributed by atoms with van der Waals surface area (Å²) in [6.45, 7) is 0. The van der Waals surface area contributed by atoms with Gasteiger partial charge in [-0.15, -0.1) is 6.42 Å². The summed E-state index contributed by atoms with van der Waals surface area (Å²) in [6.07, 6.45) is 10.2. The zero-order valence-electron chi connectivity index (χ0n) is 11.4. The van der Waals surface area contributed by atoms with Crippen molar-refractivity contribution in [1.29, 1.82) is 0 Å². The molecule has 0 fully saturated rings. The summed E-state index contributed by atoms with van der Waals surface area (Å²) in [7, 11) is 0. The Bertz CT molecular complexity index is 704. The van der Waals surface area contributed by atoms with E-state index < -0.39 is 0 Å². The summed E-state index contributed by atoms with van der Waals surface area (Å²) in [6, 6.07) is 12.7. The summed E-state index contributed by atoms with van der Waals surface area (Å²) >= 11 is 0. The smallest absolute Gasteiger partial charge is 0.150 e. The van der Waals surface area contributed by atoms with Gasteiger partial charge in [-0.05, 0) is 60.1 Å². The normalized spacial score (nSPS) is 13.3. The zero-order valence-corrected chi connectivity index (χ0v) is 11.4. The van der Waals surface area contributed by atoms with Gasteiger partial charge in [-0.3, -0.25) is 4.79 Å². The predicted molar refractivity (Wildman–Crippen MR) is 81.0 cm³/mol. The van der Waals surface area contributed by atoms with Gasteiger partial charge < -0.3 is 0 Å². The van der Waals surface area contributed by atoms with Crippen molar-refractivity contribution in [2.24, 2.45) is 0 Å². The SMILES string of the molecule is C#Cc1cc2ccc1CCc1ccc(c(C=O)c1)CC2. The Morgan fingerprint density at radius 2 is 1.55 bits per heavy atom. The van der Waals surface area contributed by atoms with Crippen LogP contribution in [0.25, 0.3) is 0 Å². The van der Waals surface area contributed by atoms with Gasteiger partial charge >= 0.3 is 0 Å². The Labute approximate surface area is 119 Å². The standard InChI is InChI=1S/C19H16O/c1-2-16-11-14-3-7-17(16)8-4-15-6-10-18(9-5-14)19(12-15)13-20/h1,3,6-7,10-13H,4-5,8-9H2. The molecule has 0 unspecified atom stereocenters. The number of carbonyl (C=O) groups excluding carboxylic acids is 1. The van der Waals surface area contributed by atoms with Crippen LogP contribution in [0.4, 0.5) is 0 Å². The molecule has 98 valence electrons. The van der Waals surface area contributed by atoms with Gasteiger partial charge in [0.15, 0.2) is 0 Å². The maximum absolute atomic E-state index is 11.2. The first-order valence-corrected chi connectivity index (χ1v) is 6.95. The van der Waals surface area contributed by atoms with Gasteiger partial charge in [0.1, 0.15) is 6.29 Å². The third-order valence-electron chi connectivity index (χ3n) is 4.03. The molecule has 0 N–H and O–H groups in total. The van der Waals surface area contributed by atoms with Crippen LogP contribution in [-0.4, -0.2) is 6.29 Å². The predicted octanol–water partition coefficient (Wildman–Crippen LogP) is 3.36. The number of rotatable bonds is 1. The van der Waals surface area contributed by atoms with Crippen LogP contribution in [0.3, 0.4) is 0 Å². The van der Waals surface area contributed by atoms with E-state index in [1.165, 1.54) is 16.7 Å². The zero-order chi connectivity index (χ0) is 13.9. The van der Waals surface area contributed by atoms with Crippen molar-refractivity contribution in [2.45, 2.75) is 25.7 Å². The first-order chi connectivity index (χ1) is 9.80. The molecular formula is C19H16O. The first-order valence-electron chi connectivity index (χ1n) is 6.95. The molecule has 0 heterocycles. The van der Waals surface area contributed by atoms with Crippen molar-refractivity contribution < 1.29 is 4.79 Å². The Balaban J connectivity index is 2.06. The molecule has 0 spiro atoms. The van der Waals surface area contributed by atoms with E-state index in [1.54, 1.807) is 0 Å². The number of hydrogen-bond acceptors (Lipinski definition) is 1. The second-order valence-corrected chi connectivity index (χ2v) is 5.29. The number of aryl methyl sites for hydroxylation is 4. The van der Waals surface area contributed by atoms with Crippen LogP contribution in [0.5, 0.6) is 0 Å². The Hall–Kier alpha value is -2.33. The molecule has 4 aliphatic rings. The van der Waals surface area contributed by atoms with Gasteiger partial charge in [-0.2, -0.15) is 0 Å². The monoisotopic (exact) mass is 260 g/mol. The molecule has 0 amide bonds. The van der Waals surface area contributed by atoms with E-state index in [-0.39, 0.29) is 0 Å². The molecule has 6 rings (SSSR count). The van der Waals surface area contributed by atoms with Gasteiger partial charge in [0.05, 0.1) is 0 Å². The second kappa shape index (κ2) is 5.35. The fraction of sp³-hybridized carbons (Fsp3) is 0.211. The van der Waals surface area contributed by atoms with E-state index in [0.717, 1.165) is 48.7 Å². The lowest BCUT2D eigenvalue weighted by Crippen LogP contribution is -2.03. The first kappa shape index (κ1) is 12.7. The number of carbonyl (C=O) groups is 1. The molecule has 0 atom stereocenters. The fourth-order valence-corrected chi connectivity index (χ4v) is 2.83. The average Bonchev–Trinajstić information content (AvgIpc) is 2.49. The molecule has 4 aliphatic carbocycles. The largest absolute Gasteiger partial charge is 0.298 e. The van der Waals surface area contributed by atoms with E-state index in [0.29, 0.717) is 0 Å². The molecule has 2 aromatic rings. The summed E-state index contributed by atoms with van der Waals surface area (Å²) in [5.41, 5.74) is 6.61. The van der Waals surface area contributed by atoms with Crippen molar-refractivity contribution in [3.05, 3.63) is 69.8 Å². The van der Waals surface area contributed by atoms with Crippen LogP contribution in [0, 0.1) is 12.3 Å². The van der Waals surface area contributed by atoms with Crippen molar-refractivity contribution in [2.75, 3.05) is 0 Å². The Kier molecular flexibility index (Phi) is 3.39. The molecule has 20 heavy (non-hydrogen) atoms. The lowest BCUT2D eigenvalue weighted by atomic mass is 9.91. The maximum atomic E-state index is 11.2. The molecule has 4 bridgehead atoms. The van der Waals surface area contributed by atoms with Crippen LogP contribution in [0.1, 0.15) is 38.2 Å². The molecule has 0 radical (unpaired) electrons. The van der Waals surface area contributed by atoms with Crippen LogP contribution < -0.4 is 0 Å². The van der Waals surface area contributed by atoms with Gasteiger partial charge in [0.25, 0.3) is 0 Å². The molecule has 0 saturated heterocycles. The summed E-state index contributed by atoms with van der Waals surface area (Å²) < 4.78 is 0. The van der Waals surface area contributed by atoms with Gasteiger partial charge in [-0.25, -0.2) is 0 Å². The van der Waals surface area contributed by atoms with Gasteiger partial charge in [0, 0.05) is 11.1 Å². The van der Waals surface area contributed by atoms with Crippen LogP contribution in [0.2, 0.25) is 0 Å². The number of terminal acetylenes is 1. The van der Waals surface area contributed by atoms with Crippen LogP contribution >= 0.6 is 0 Å². The highest BCUT2D eigenvalue weighted by Crippen LogP contribution is 2.20. The molecule has 2 aromatic carbocycles. The van der Waals surface area contributed by atoms with Crippen molar-refractivity contribution >= 4 is 6.29 Å². The average molecular weight is 260 g/mol. The van der Waals surface area contributed by atoms with Crippen molar-refractivity contribution in [3.8, 4) is 12.3 Å². The van der Waals surface area contributed by atoms with Gasteiger partial charge in [-0.1, -0.05) is 30.2 Å². The highest BCUT2D eigenvalue weighted by molar-refractivity contribution is 5.77. The second-order valence-electron chi connectivity index (χ2n) is 5.29. The number of aldehydes is 1. The minimum Gasteiger partial charge on any atom is -0.298 e. The van der Waals surface area contributed by atoms with E-state index in [2.05, 4.69) is 36.3 Å². The van der Waals surface area contributed by atoms with Crippen LogP contribution in [-0.2, 0) is 25.7 Å². The molecule has 0 saturated carbocycles. The molecule has 1 heteroatoms. The lowest BCUT2D eigenvalue weighted by molar-refractivity contribution is 0.112. The molecule has 0 aromatic heterocycles. The van der Waals surface area contributed by atoms with Gasteiger partial charge in [0.2, 0.25) is 0 Å². The topological polar surface area (TPSA) is 17.1 Å². The third-order valence-corrected chi connectivity index (χ3v) is 4.03. The quantitative estimate of drug-likeness (QED) is 0.567. The minimum absolute atomic E-state index is 0.828.